The van der Waals surface area contributed by atoms with Crippen LogP contribution in [0.25, 0.3) is 0 Å². The molecule has 148 valence electrons. The lowest BCUT2D eigenvalue weighted by molar-refractivity contribution is 0.0767. The number of benzene rings is 2. The zero-order valence-corrected chi connectivity index (χ0v) is 16.2. The topological polar surface area (TPSA) is 35.6 Å². The molecule has 0 unspecified atom stereocenters. The Morgan fingerprint density at radius 1 is 0.929 bits per heavy atom. The van der Waals surface area contributed by atoms with Crippen LogP contribution in [0.2, 0.25) is 0 Å². The molecule has 2 saturated heterocycles. The smallest absolute Gasteiger partial charge is 0.253 e. The number of hydrogen-bond acceptors (Lipinski definition) is 3. The number of piperidine rings is 1. The number of halogens is 1. The van der Waals surface area contributed by atoms with Gasteiger partial charge in [-0.1, -0.05) is 12.1 Å². The van der Waals surface area contributed by atoms with Crippen molar-refractivity contribution in [3.63, 3.8) is 0 Å². The first kappa shape index (κ1) is 18.9. The average molecular weight is 381 g/mol. The summed E-state index contributed by atoms with van der Waals surface area (Å²) < 4.78 is 13.2. The van der Waals surface area contributed by atoms with Crippen molar-refractivity contribution in [2.75, 3.05) is 44.2 Å². The van der Waals surface area contributed by atoms with Gasteiger partial charge >= 0.3 is 0 Å². The standard InChI is InChI=1S/C23H28FN3O/c24-21-8-10-22(11-9-21)26-13-2-14-27(16-15-26)23(28)19-6-4-18(5-7-19)20-3-1-12-25-17-20/h4-11,20,25H,1-3,12-17H2/t20-/m1/s1. The Balaban J connectivity index is 1.38. The van der Waals surface area contributed by atoms with Crippen molar-refractivity contribution in [2.24, 2.45) is 0 Å². The number of rotatable bonds is 3. The fourth-order valence-electron chi connectivity index (χ4n) is 4.25. The molecule has 4 rings (SSSR count). The van der Waals surface area contributed by atoms with Crippen LogP contribution in [0.3, 0.4) is 0 Å². The number of carbonyl (C=O) groups is 1. The predicted molar refractivity (Wildman–Crippen MR) is 110 cm³/mol. The zero-order chi connectivity index (χ0) is 19.3. The van der Waals surface area contributed by atoms with Crippen LogP contribution in [0.15, 0.2) is 48.5 Å². The summed E-state index contributed by atoms with van der Waals surface area (Å²) in [6.45, 7) is 5.22. The molecule has 28 heavy (non-hydrogen) atoms. The van der Waals surface area contributed by atoms with Crippen molar-refractivity contribution < 1.29 is 9.18 Å². The Labute approximate surface area is 166 Å². The molecule has 5 heteroatoms. The lowest BCUT2D eigenvalue weighted by Crippen LogP contribution is -2.35. The van der Waals surface area contributed by atoms with E-state index in [4.69, 9.17) is 0 Å². The van der Waals surface area contributed by atoms with E-state index >= 15 is 0 Å². The number of nitrogens with zero attached hydrogens (tertiary/aromatic N) is 2. The number of carbonyl (C=O) groups excluding carboxylic acids is 1. The molecule has 0 aliphatic carbocycles. The van der Waals surface area contributed by atoms with Gasteiger partial charge in [0.25, 0.3) is 5.91 Å². The second-order valence-electron chi connectivity index (χ2n) is 7.77. The zero-order valence-electron chi connectivity index (χ0n) is 16.2. The van der Waals surface area contributed by atoms with Crippen LogP contribution in [-0.4, -0.2) is 50.1 Å². The molecular formula is C23H28FN3O. The van der Waals surface area contributed by atoms with Gasteiger partial charge in [-0.3, -0.25) is 4.79 Å². The van der Waals surface area contributed by atoms with Crippen LogP contribution in [0.1, 0.15) is 41.1 Å². The van der Waals surface area contributed by atoms with Crippen LogP contribution >= 0.6 is 0 Å². The van der Waals surface area contributed by atoms with Crippen LogP contribution in [-0.2, 0) is 0 Å². The van der Waals surface area contributed by atoms with Gasteiger partial charge in [-0.15, -0.1) is 0 Å². The van der Waals surface area contributed by atoms with Crippen molar-refractivity contribution in [1.29, 1.82) is 0 Å². The maximum absolute atomic E-state index is 13.2. The van der Waals surface area contributed by atoms with Crippen molar-refractivity contribution in [2.45, 2.75) is 25.2 Å². The molecule has 4 nitrogen and oxygen atoms in total. The Morgan fingerprint density at radius 2 is 1.71 bits per heavy atom. The van der Waals surface area contributed by atoms with Gasteiger partial charge in [-0.2, -0.15) is 0 Å². The van der Waals surface area contributed by atoms with Crippen LogP contribution in [0.5, 0.6) is 0 Å². The highest BCUT2D eigenvalue weighted by Crippen LogP contribution is 2.24. The molecule has 2 aromatic rings. The van der Waals surface area contributed by atoms with Gasteiger partial charge in [-0.05, 0) is 73.7 Å². The first-order valence-electron chi connectivity index (χ1n) is 10.3. The highest BCUT2D eigenvalue weighted by atomic mass is 19.1. The van der Waals surface area contributed by atoms with Gasteiger partial charge < -0.3 is 15.1 Å². The number of nitrogens with one attached hydrogen (secondary N) is 1. The Kier molecular flexibility index (Phi) is 5.91. The highest BCUT2D eigenvalue weighted by Gasteiger charge is 2.21. The van der Waals surface area contributed by atoms with Crippen molar-refractivity contribution in [3.8, 4) is 0 Å². The van der Waals surface area contributed by atoms with E-state index in [1.807, 2.05) is 29.2 Å². The normalized spacial score (nSPS) is 20.7. The lowest BCUT2D eigenvalue weighted by atomic mass is 9.91. The van der Waals surface area contributed by atoms with Crippen LogP contribution in [0, 0.1) is 5.82 Å². The molecule has 2 aliphatic heterocycles. The first-order chi connectivity index (χ1) is 13.7. The van der Waals surface area contributed by atoms with Crippen molar-refractivity contribution in [1.82, 2.24) is 10.2 Å². The summed E-state index contributed by atoms with van der Waals surface area (Å²) in [5.74, 6) is 0.442. The minimum absolute atomic E-state index is 0.106. The Hall–Kier alpha value is -2.40. The summed E-state index contributed by atoms with van der Waals surface area (Å²) in [6.07, 6.45) is 3.34. The number of amides is 1. The largest absolute Gasteiger partial charge is 0.370 e. The molecule has 0 saturated carbocycles. The van der Waals surface area contributed by atoms with E-state index in [0.717, 1.165) is 50.4 Å². The minimum atomic E-state index is -0.220. The molecule has 0 spiro atoms. The van der Waals surface area contributed by atoms with E-state index in [1.54, 1.807) is 0 Å². The Morgan fingerprint density at radius 3 is 2.43 bits per heavy atom. The highest BCUT2D eigenvalue weighted by molar-refractivity contribution is 5.94. The average Bonchev–Trinajstić information content (AvgIpc) is 3.01. The summed E-state index contributed by atoms with van der Waals surface area (Å²) in [5, 5.41) is 3.45. The van der Waals surface area contributed by atoms with Crippen molar-refractivity contribution in [3.05, 3.63) is 65.5 Å². The molecule has 0 bridgehead atoms. The fraction of sp³-hybridized carbons (Fsp3) is 0.435. The Bertz CT molecular complexity index is 784. The molecule has 0 aromatic heterocycles. The van der Waals surface area contributed by atoms with Gasteiger partial charge in [0.2, 0.25) is 0 Å². The van der Waals surface area contributed by atoms with E-state index < -0.39 is 0 Å². The van der Waals surface area contributed by atoms with Crippen LogP contribution in [0.4, 0.5) is 10.1 Å². The van der Waals surface area contributed by atoms with Gasteiger partial charge in [0, 0.05) is 44.0 Å². The van der Waals surface area contributed by atoms with E-state index in [-0.39, 0.29) is 11.7 Å². The summed E-state index contributed by atoms with van der Waals surface area (Å²) in [7, 11) is 0. The first-order valence-corrected chi connectivity index (χ1v) is 10.3. The predicted octanol–water partition coefficient (Wildman–Crippen LogP) is 3.65. The van der Waals surface area contributed by atoms with E-state index in [9.17, 15) is 9.18 Å². The van der Waals surface area contributed by atoms with Gasteiger partial charge in [0.1, 0.15) is 5.82 Å². The minimum Gasteiger partial charge on any atom is -0.370 e. The van der Waals surface area contributed by atoms with Crippen molar-refractivity contribution >= 4 is 11.6 Å². The monoisotopic (exact) mass is 381 g/mol. The van der Waals surface area contributed by atoms with E-state index in [0.29, 0.717) is 12.5 Å². The van der Waals surface area contributed by atoms with Gasteiger partial charge in [0.15, 0.2) is 0 Å². The number of hydrogen-bond donors (Lipinski definition) is 1. The second kappa shape index (κ2) is 8.74. The maximum atomic E-state index is 13.2. The molecule has 2 aliphatic rings. The van der Waals surface area contributed by atoms with Gasteiger partial charge in [0.05, 0.1) is 0 Å². The summed E-state index contributed by atoms with van der Waals surface area (Å²) in [5.41, 5.74) is 3.10. The molecule has 2 heterocycles. The third-order valence-corrected chi connectivity index (χ3v) is 5.90. The quantitative estimate of drug-likeness (QED) is 0.882. The molecule has 0 radical (unpaired) electrons. The number of anilines is 1. The molecule has 2 aromatic carbocycles. The van der Waals surface area contributed by atoms with E-state index in [1.165, 1.54) is 30.5 Å². The molecule has 1 amide bonds. The SMILES string of the molecule is O=C(c1ccc([C@@H]2CCCNC2)cc1)N1CCCN(c2ccc(F)cc2)CC1. The van der Waals surface area contributed by atoms with Crippen LogP contribution < -0.4 is 10.2 Å². The molecule has 2 fully saturated rings. The summed E-state index contributed by atoms with van der Waals surface area (Å²) >= 11 is 0. The third kappa shape index (κ3) is 4.36. The fourth-order valence-corrected chi connectivity index (χ4v) is 4.25. The third-order valence-electron chi connectivity index (χ3n) is 5.90. The summed E-state index contributed by atoms with van der Waals surface area (Å²) in [4.78, 5) is 17.1. The molecule has 1 atom stereocenters. The van der Waals surface area contributed by atoms with E-state index in [2.05, 4.69) is 22.3 Å². The maximum Gasteiger partial charge on any atom is 0.253 e. The summed E-state index contributed by atoms with van der Waals surface area (Å²) in [6, 6.07) is 14.8. The second-order valence-corrected chi connectivity index (χ2v) is 7.77. The lowest BCUT2D eigenvalue weighted by Gasteiger charge is -2.24. The molecular weight excluding hydrogens is 353 g/mol. The van der Waals surface area contributed by atoms with Gasteiger partial charge in [-0.25, -0.2) is 4.39 Å². The molecule has 1 N–H and O–H groups in total.